The molecule has 1 unspecified atom stereocenters. The number of hydroxylamine groups is 1. The van der Waals surface area contributed by atoms with E-state index in [-0.39, 0.29) is 24.0 Å². The minimum absolute atomic E-state index is 0.0808. The summed E-state index contributed by atoms with van der Waals surface area (Å²) in [7, 11) is -3.42. The van der Waals surface area contributed by atoms with Gasteiger partial charge in [0.1, 0.15) is 5.75 Å². The summed E-state index contributed by atoms with van der Waals surface area (Å²) in [5.41, 5.74) is 1.52. The Morgan fingerprint density at radius 3 is 2.43 bits per heavy atom. The first-order chi connectivity index (χ1) is 10.7. The van der Waals surface area contributed by atoms with Crippen LogP contribution in [0.3, 0.4) is 0 Å². The molecule has 0 aliphatic rings. The maximum Gasteiger partial charge on any atom is 0.247 e. The van der Waals surface area contributed by atoms with E-state index in [1.165, 1.54) is 5.48 Å². The molecule has 1 atom stereocenters. The van der Waals surface area contributed by atoms with Crippen LogP contribution in [-0.2, 0) is 14.6 Å². The second kappa shape index (κ2) is 9.10. The third-order valence-corrected chi connectivity index (χ3v) is 5.40. The molecule has 0 bridgehead atoms. The fraction of sp³-hybridized carbons (Fsp3) is 0.533. The molecule has 1 aromatic rings. The molecule has 0 saturated heterocycles. The lowest BCUT2D eigenvalue weighted by Crippen LogP contribution is -2.36. The maximum absolute atomic E-state index is 12.1. The summed E-state index contributed by atoms with van der Waals surface area (Å²) in [6, 6.07) is 6.79. The van der Waals surface area contributed by atoms with Crippen LogP contribution in [0.2, 0.25) is 5.02 Å². The zero-order valence-corrected chi connectivity index (χ0v) is 14.7. The van der Waals surface area contributed by atoms with Crippen molar-refractivity contribution in [2.75, 3.05) is 18.1 Å². The molecule has 8 heteroatoms. The molecule has 0 aliphatic carbocycles. The lowest BCUT2D eigenvalue weighted by atomic mass is 9.97. The van der Waals surface area contributed by atoms with Gasteiger partial charge in [-0.3, -0.25) is 10.0 Å². The van der Waals surface area contributed by atoms with Crippen molar-refractivity contribution in [1.82, 2.24) is 5.48 Å². The molecule has 23 heavy (non-hydrogen) atoms. The van der Waals surface area contributed by atoms with Gasteiger partial charge < -0.3 is 4.74 Å². The van der Waals surface area contributed by atoms with Crippen LogP contribution in [-0.4, -0.2) is 37.6 Å². The topological polar surface area (TPSA) is 92.7 Å². The Hall–Kier alpha value is -1.31. The molecular weight excluding hydrogens is 342 g/mol. The smallest absolute Gasteiger partial charge is 0.247 e. The fourth-order valence-electron chi connectivity index (χ4n) is 2.01. The van der Waals surface area contributed by atoms with Crippen LogP contribution in [0.1, 0.15) is 20.3 Å². The third kappa shape index (κ3) is 7.20. The normalized spacial score (nSPS) is 12.9. The second-order valence-corrected chi connectivity index (χ2v) is 8.26. The van der Waals surface area contributed by atoms with E-state index in [4.69, 9.17) is 21.5 Å². The Kier molecular flexibility index (Phi) is 7.81. The van der Waals surface area contributed by atoms with Gasteiger partial charge in [-0.05, 0) is 36.6 Å². The zero-order chi connectivity index (χ0) is 17.5. The maximum atomic E-state index is 12.1. The van der Waals surface area contributed by atoms with Gasteiger partial charge in [-0.2, -0.15) is 0 Å². The number of hydrogen-bond acceptors (Lipinski definition) is 5. The lowest BCUT2D eigenvalue weighted by molar-refractivity contribution is -0.133. The van der Waals surface area contributed by atoms with Crippen molar-refractivity contribution in [3.8, 4) is 5.75 Å². The number of halogens is 1. The van der Waals surface area contributed by atoms with Crippen molar-refractivity contribution in [2.24, 2.45) is 11.8 Å². The van der Waals surface area contributed by atoms with Gasteiger partial charge in [0.05, 0.1) is 24.0 Å². The van der Waals surface area contributed by atoms with Crippen molar-refractivity contribution >= 4 is 27.3 Å². The molecule has 6 nitrogen and oxygen atoms in total. The third-order valence-electron chi connectivity index (χ3n) is 3.37. The van der Waals surface area contributed by atoms with E-state index in [2.05, 4.69) is 0 Å². The van der Waals surface area contributed by atoms with Crippen molar-refractivity contribution in [3.05, 3.63) is 29.3 Å². The molecule has 1 aromatic carbocycles. The van der Waals surface area contributed by atoms with Crippen molar-refractivity contribution < 1.29 is 23.2 Å². The first kappa shape index (κ1) is 19.7. The van der Waals surface area contributed by atoms with Crippen molar-refractivity contribution in [3.63, 3.8) is 0 Å². The van der Waals surface area contributed by atoms with E-state index in [1.54, 1.807) is 38.1 Å². The average Bonchev–Trinajstić information content (AvgIpc) is 2.50. The summed E-state index contributed by atoms with van der Waals surface area (Å²) < 4.78 is 29.6. The highest BCUT2D eigenvalue weighted by atomic mass is 35.5. The number of carbonyl (C=O) groups is 1. The lowest BCUT2D eigenvalue weighted by Gasteiger charge is -2.18. The molecule has 0 fully saturated rings. The Bertz CT molecular complexity index is 601. The summed E-state index contributed by atoms with van der Waals surface area (Å²) in [6.45, 7) is 3.72. The first-order valence-electron chi connectivity index (χ1n) is 7.28. The molecule has 1 amide bonds. The monoisotopic (exact) mass is 363 g/mol. The van der Waals surface area contributed by atoms with E-state index in [0.717, 1.165) is 0 Å². The minimum atomic E-state index is -3.42. The van der Waals surface area contributed by atoms with Crippen LogP contribution in [0, 0.1) is 11.8 Å². The predicted molar refractivity (Wildman–Crippen MR) is 88.5 cm³/mol. The Morgan fingerprint density at radius 1 is 1.30 bits per heavy atom. The number of nitrogens with one attached hydrogen (secondary N) is 1. The van der Waals surface area contributed by atoms with Gasteiger partial charge in [0.15, 0.2) is 9.84 Å². The second-order valence-electron chi connectivity index (χ2n) is 5.60. The predicted octanol–water partition coefficient (Wildman–Crippen LogP) is 2.30. The first-order valence-corrected chi connectivity index (χ1v) is 9.48. The molecule has 0 heterocycles. The fourth-order valence-corrected chi connectivity index (χ4v) is 3.94. The van der Waals surface area contributed by atoms with Gasteiger partial charge in [-0.1, -0.05) is 25.4 Å². The molecule has 0 saturated carbocycles. The molecule has 0 aromatic heterocycles. The Morgan fingerprint density at radius 2 is 1.91 bits per heavy atom. The summed E-state index contributed by atoms with van der Waals surface area (Å²) >= 11 is 5.76. The summed E-state index contributed by atoms with van der Waals surface area (Å²) in [5, 5.41) is 9.29. The highest BCUT2D eigenvalue weighted by molar-refractivity contribution is 7.91. The van der Waals surface area contributed by atoms with Gasteiger partial charge in [0.2, 0.25) is 5.91 Å². The van der Waals surface area contributed by atoms with E-state index in [1.807, 2.05) is 0 Å². The standard InChI is InChI=1S/C15H22ClNO5S/c1-11(2)14(15(18)17-19)10-23(20,21)9-3-8-22-13-6-4-12(16)5-7-13/h4-7,11,14,19H,3,8-10H2,1-2H3,(H,17,18). The van der Waals surface area contributed by atoms with E-state index >= 15 is 0 Å². The van der Waals surface area contributed by atoms with Gasteiger partial charge >= 0.3 is 0 Å². The van der Waals surface area contributed by atoms with Gasteiger partial charge in [0.25, 0.3) is 0 Å². The highest BCUT2D eigenvalue weighted by Gasteiger charge is 2.27. The Balaban J connectivity index is 2.45. The summed E-state index contributed by atoms with van der Waals surface area (Å²) in [6.07, 6.45) is 0.316. The van der Waals surface area contributed by atoms with Crippen LogP contribution in [0.15, 0.2) is 24.3 Å². The molecule has 0 aliphatic heterocycles. The minimum Gasteiger partial charge on any atom is -0.494 e. The van der Waals surface area contributed by atoms with Gasteiger partial charge in [0, 0.05) is 5.02 Å². The summed E-state index contributed by atoms with van der Waals surface area (Å²) in [4.78, 5) is 11.5. The van der Waals surface area contributed by atoms with Crippen LogP contribution in [0.4, 0.5) is 0 Å². The summed E-state index contributed by atoms with van der Waals surface area (Å²) in [5.74, 6) is -1.41. The van der Waals surface area contributed by atoms with Crippen LogP contribution < -0.4 is 10.2 Å². The van der Waals surface area contributed by atoms with Crippen LogP contribution in [0.25, 0.3) is 0 Å². The van der Waals surface area contributed by atoms with Crippen LogP contribution >= 0.6 is 11.6 Å². The highest BCUT2D eigenvalue weighted by Crippen LogP contribution is 2.17. The molecule has 0 radical (unpaired) electrons. The quantitative estimate of drug-likeness (QED) is 0.399. The molecule has 1 rings (SSSR count). The SMILES string of the molecule is CC(C)C(CS(=O)(=O)CCCOc1ccc(Cl)cc1)C(=O)NO. The number of rotatable bonds is 9. The van der Waals surface area contributed by atoms with Crippen molar-refractivity contribution in [1.29, 1.82) is 0 Å². The van der Waals surface area contributed by atoms with Crippen molar-refractivity contribution in [2.45, 2.75) is 20.3 Å². The number of ether oxygens (including phenoxy) is 1. The number of carbonyl (C=O) groups excluding carboxylic acids is 1. The van der Waals surface area contributed by atoms with Crippen LogP contribution in [0.5, 0.6) is 5.75 Å². The molecule has 2 N–H and O–H groups in total. The Labute approximate surface area is 141 Å². The number of sulfone groups is 1. The number of amides is 1. The average molecular weight is 364 g/mol. The molecule has 0 spiro atoms. The zero-order valence-electron chi connectivity index (χ0n) is 13.2. The largest absolute Gasteiger partial charge is 0.494 e. The van der Waals surface area contributed by atoms with E-state index in [0.29, 0.717) is 17.2 Å². The molecular formula is C15H22ClNO5S. The van der Waals surface area contributed by atoms with Gasteiger partial charge in [-0.15, -0.1) is 0 Å². The van der Waals surface area contributed by atoms with E-state index < -0.39 is 21.7 Å². The van der Waals surface area contributed by atoms with Gasteiger partial charge in [-0.25, -0.2) is 13.9 Å². The number of hydrogen-bond donors (Lipinski definition) is 2. The molecule has 130 valence electrons. The van der Waals surface area contributed by atoms with E-state index in [9.17, 15) is 13.2 Å². The number of benzene rings is 1.